The summed E-state index contributed by atoms with van der Waals surface area (Å²) in [6.07, 6.45) is 0.160. The number of amides is 1. The second kappa shape index (κ2) is 5.35. The van der Waals surface area contributed by atoms with Gasteiger partial charge in [0, 0.05) is 6.04 Å². The Morgan fingerprint density at radius 1 is 1.38 bits per heavy atom. The molecule has 1 aromatic carbocycles. The molecule has 1 N–H and O–H groups in total. The first kappa shape index (κ1) is 15.3. The summed E-state index contributed by atoms with van der Waals surface area (Å²) < 4.78 is 49.5. The molecule has 114 valence electrons. The molecule has 0 aliphatic carbocycles. The van der Waals surface area contributed by atoms with Crippen LogP contribution < -0.4 is 5.32 Å². The van der Waals surface area contributed by atoms with Gasteiger partial charge in [-0.25, -0.2) is 12.8 Å². The van der Waals surface area contributed by atoms with Crippen LogP contribution in [0.15, 0.2) is 12.1 Å². The number of hydrogen-bond acceptors (Lipinski definition) is 5. The Morgan fingerprint density at radius 3 is 2.57 bits per heavy atom. The Hall–Kier alpha value is -2.10. The molecule has 0 saturated carbocycles. The Kier molecular flexibility index (Phi) is 3.90. The average Bonchev–Trinajstić information content (AvgIpc) is 2.70. The van der Waals surface area contributed by atoms with E-state index >= 15 is 0 Å². The molecule has 1 saturated heterocycles. The maximum absolute atomic E-state index is 13.8. The van der Waals surface area contributed by atoms with Crippen LogP contribution in [0.5, 0.6) is 0 Å². The van der Waals surface area contributed by atoms with E-state index in [1.54, 1.807) is 0 Å². The Balaban J connectivity index is 2.26. The van der Waals surface area contributed by atoms with E-state index in [9.17, 15) is 32.1 Å². The zero-order valence-electron chi connectivity index (χ0n) is 10.5. The van der Waals surface area contributed by atoms with E-state index in [1.807, 2.05) is 0 Å². The molecule has 1 aromatic rings. The van der Waals surface area contributed by atoms with E-state index < -0.39 is 49.6 Å². The van der Waals surface area contributed by atoms with Crippen LogP contribution in [0.25, 0.3) is 0 Å². The van der Waals surface area contributed by atoms with E-state index in [0.29, 0.717) is 12.1 Å². The highest BCUT2D eigenvalue weighted by molar-refractivity contribution is 7.91. The van der Waals surface area contributed by atoms with Crippen molar-refractivity contribution in [2.75, 3.05) is 11.5 Å². The minimum absolute atomic E-state index is 0.107. The predicted molar refractivity (Wildman–Crippen MR) is 67.5 cm³/mol. The topological polar surface area (TPSA) is 106 Å². The zero-order valence-corrected chi connectivity index (χ0v) is 11.3. The Morgan fingerprint density at radius 2 is 2.05 bits per heavy atom. The summed E-state index contributed by atoms with van der Waals surface area (Å²) in [5.74, 6) is -4.08. The molecule has 7 nitrogen and oxygen atoms in total. The van der Waals surface area contributed by atoms with Crippen LogP contribution in [0.1, 0.15) is 16.8 Å². The molecule has 1 unspecified atom stereocenters. The van der Waals surface area contributed by atoms with Gasteiger partial charge < -0.3 is 5.32 Å². The van der Waals surface area contributed by atoms with Crippen molar-refractivity contribution in [2.45, 2.75) is 12.5 Å². The highest BCUT2D eigenvalue weighted by atomic mass is 32.2. The largest absolute Gasteiger partial charge is 0.348 e. The smallest absolute Gasteiger partial charge is 0.308 e. The number of carbonyl (C=O) groups is 1. The molecule has 0 radical (unpaired) electrons. The molecule has 1 aliphatic rings. The number of rotatable bonds is 3. The lowest BCUT2D eigenvalue weighted by Gasteiger charge is -2.11. The fourth-order valence-electron chi connectivity index (χ4n) is 2.04. The first-order valence-corrected chi connectivity index (χ1v) is 7.66. The summed E-state index contributed by atoms with van der Waals surface area (Å²) in [6, 6.07) is 0.178. The third-order valence-corrected chi connectivity index (χ3v) is 4.80. The first-order valence-electron chi connectivity index (χ1n) is 5.84. The number of nitro benzene ring substituents is 1. The lowest BCUT2D eigenvalue weighted by atomic mass is 10.1. The molecule has 1 amide bonds. The molecule has 2 rings (SSSR count). The van der Waals surface area contributed by atoms with Crippen molar-refractivity contribution in [3.63, 3.8) is 0 Å². The standard InChI is InChI=1S/C11H10F2N2O5S/c12-6-3-8(10(13)9(4-6)15(17)18)11(16)14-7-1-2-21(19,20)5-7/h3-4,7H,1-2,5H2,(H,14,16). The fourth-order valence-corrected chi connectivity index (χ4v) is 3.72. The van der Waals surface area contributed by atoms with Crippen molar-refractivity contribution in [3.8, 4) is 0 Å². The molecule has 21 heavy (non-hydrogen) atoms. The maximum atomic E-state index is 13.8. The first-order chi connectivity index (χ1) is 9.69. The highest BCUT2D eigenvalue weighted by Gasteiger charge is 2.31. The summed E-state index contributed by atoms with van der Waals surface area (Å²) in [7, 11) is -3.25. The number of carbonyl (C=O) groups excluding carboxylic acids is 1. The van der Waals surface area contributed by atoms with Gasteiger partial charge in [0.2, 0.25) is 5.82 Å². The van der Waals surface area contributed by atoms with Gasteiger partial charge in [-0.1, -0.05) is 0 Å². The van der Waals surface area contributed by atoms with Crippen molar-refractivity contribution in [2.24, 2.45) is 0 Å². The van der Waals surface area contributed by atoms with Gasteiger partial charge in [-0.3, -0.25) is 14.9 Å². The van der Waals surface area contributed by atoms with Gasteiger partial charge >= 0.3 is 5.69 Å². The molecule has 0 spiro atoms. The zero-order chi connectivity index (χ0) is 15.8. The maximum Gasteiger partial charge on any atom is 0.308 e. The molecule has 1 heterocycles. The normalized spacial score (nSPS) is 20.2. The van der Waals surface area contributed by atoms with Crippen LogP contribution in [0.3, 0.4) is 0 Å². The van der Waals surface area contributed by atoms with Crippen molar-refractivity contribution in [1.29, 1.82) is 0 Å². The summed E-state index contributed by atoms with van der Waals surface area (Å²) in [5, 5.41) is 12.8. The third kappa shape index (κ3) is 3.32. The van der Waals surface area contributed by atoms with E-state index in [2.05, 4.69) is 5.32 Å². The minimum Gasteiger partial charge on any atom is -0.348 e. The number of benzene rings is 1. The molecule has 0 bridgehead atoms. The number of halogens is 2. The van der Waals surface area contributed by atoms with E-state index in [1.165, 1.54) is 0 Å². The number of nitrogens with zero attached hydrogens (tertiary/aromatic N) is 1. The van der Waals surface area contributed by atoms with Gasteiger partial charge in [-0.2, -0.15) is 4.39 Å². The van der Waals surface area contributed by atoms with Crippen molar-refractivity contribution in [3.05, 3.63) is 39.4 Å². The van der Waals surface area contributed by atoms with Crippen molar-refractivity contribution in [1.82, 2.24) is 5.32 Å². The molecule has 1 aliphatic heterocycles. The second-order valence-corrected chi connectivity index (χ2v) is 6.85. The minimum atomic E-state index is -3.25. The van der Waals surface area contributed by atoms with Gasteiger partial charge in [0.05, 0.1) is 28.1 Å². The summed E-state index contributed by atoms with van der Waals surface area (Å²) in [4.78, 5) is 21.2. The SMILES string of the molecule is O=C(NC1CCS(=O)(=O)C1)c1cc(F)cc([N+](=O)[O-])c1F. The molecule has 1 fully saturated rings. The van der Waals surface area contributed by atoms with Crippen LogP contribution in [0.2, 0.25) is 0 Å². The van der Waals surface area contributed by atoms with Crippen molar-refractivity contribution >= 4 is 21.4 Å². The molecular formula is C11H10F2N2O5S. The molecular weight excluding hydrogens is 310 g/mol. The van der Waals surface area contributed by atoms with Crippen LogP contribution in [-0.2, 0) is 9.84 Å². The van der Waals surface area contributed by atoms with Gasteiger partial charge in [0.15, 0.2) is 9.84 Å². The van der Waals surface area contributed by atoms with Gasteiger partial charge in [-0.05, 0) is 12.5 Å². The number of nitro groups is 1. The second-order valence-electron chi connectivity index (χ2n) is 4.62. The molecule has 10 heteroatoms. The van der Waals surface area contributed by atoms with Gasteiger partial charge in [-0.15, -0.1) is 0 Å². The number of hydrogen-bond donors (Lipinski definition) is 1. The summed E-state index contributed by atoms with van der Waals surface area (Å²) in [5.41, 5.74) is -1.98. The lowest BCUT2D eigenvalue weighted by Crippen LogP contribution is -2.36. The predicted octanol–water partition coefficient (Wildman–Crippen LogP) is 0.790. The number of nitrogens with one attached hydrogen (secondary N) is 1. The van der Waals surface area contributed by atoms with Crippen LogP contribution in [0, 0.1) is 21.7 Å². The number of sulfone groups is 1. The summed E-state index contributed by atoms with van der Waals surface area (Å²) >= 11 is 0. The van der Waals surface area contributed by atoms with Crippen molar-refractivity contribution < 1.29 is 26.9 Å². The quantitative estimate of drug-likeness (QED) is 0.654. The third-order valence-electron chi connectivity index (χ3n) is 3.03. The fraction of sp³-hybridized carbons (Fsp3) is 0.364. The molecule has 1 atom stereocenters. The van der Waals surface area contributed by atoms with Crippen LogP contribution >= 0.6 is 0 Å². The monoisotopic (exact) mass is 320 g/mol. The average molecular weight is 320 g/mol. The van der Waals surface area contributed by atoms with E-state index in [0.717, 1.165) is 0 Å². The summed E-state index contributed by atoms with van der Waals surface area (Å²) in [6.45, 7) is 0. The Labute approximate surface area is 118 Å². The van der Waals surface area contributed by atoms with E-state index in [4.69, 9.17) is 0 Å². The van der Waals surface area contributed by atoms with Crippen LogP contribution in [-0.4, -0.2) is 36.8 Å². The van der Waals surface area contributed by atoms with Crippen LogP contribution in [0.4, 0.5) is 14.5 Å². The molecule has 0 aromatic heterocycles. The Bertz CT molecular complexity index is 720. The lowest BCUT2D eigenvalue weighted by molar-refractivity contribution is -0.387. The van der Waals surface area contributed by atoms with E-state index in [-0.39, 0.29) is 17.9 Å². The van der Waals surface area contributed by atoms with Gasteiger partial charge in [0.25, 0.3) is 5.91 Å². The van der Waals surface area contributed by atoms with Gasteiger partial charge in [0.1, 0.15) is 5.82 Å². The highest BCUT2D eigenvalue weighted by Crippen LogP contribution is 2.23.